The van der Waals surface area contributed by atoms with Crippen LogP contribution in [0.3, 0.4) is 0 Å². The Hall–Kier alpha value is -2.57. The van der Waals surface area contributed by atoms with E-state index in [-0.39, 0.29) is 12.1 Å². The molecule has 7 nitrogen and oxygen atoms in total. The van der Waals surface area contributed by atoms with Crippen molar-refractivity contribution in [2.75, 3.05) is 18.4 Å². The minimum atomic E-state index is -0.196. The Balaban J connectivity index is 1.70. The zero-order valence-electron chi connectivity index (χ0n) is 13.1. The molecule has 0 saturated heterocycles. The van der Waals surface area contributed by atoms with Crippen LogP contribution in [0.25, 0.3) is 0 Å². The molecule has 0 aliphatic heterocycles. The lowest BCUT2D eigenvalue weighted by Crippen LogP contribution is -2.39. The largest absolute Gasteiger partial charge is 0.368 e. The summed E-state index contributed by atoms with van der Waals surface area (Å²) in [6.45, 7) is 5.05. The van der Waals surface area contributed by atoms with Crippen LogP contribution < -0.4 is 16.0 Å². The number of nitrogens with one attached hydrogen (secondary N) is 3. The highest BCUT2D eigenvalue weighted by atomic mass is 16.2. The van der Waals surface area contributed by atoms with Gasteiger partial charge in [-0.25, -0.2) is 9.78 Å². The van der Waals surface area contributed by atoms with E-state index < -0.39 is 0 Å². The van der Waals surface area contributed by atoms with Gasteiger partial charge in [-0.15, -0.1) is 0 Å². The Morgan fingerprint density at radius 3 is 2.82 bits per heavy atom. The van der Waals surface area contributed by atoms with Crippen LogP contribution in [0.1, 0.15) is 24.2 Å². The molecule has 7 heteroatoms. The Morgan fingerprint density at radius 2 is 2.18 bits per heavy atom. The molecule has 118 valence electrons. The van der Waals surface area contributed by atoms with E-state index in [0.29, 0.717) is 13.1 Å². The van der Waals surface area contributed by atoms with Crippen LogP contribution in [-0.2, 0) is 7.05 Å². The molecular formula is C15H22N6O. The molecule has 2 heterocycles. The first-order valence-corrected chi connectivity index (χ1v) is 7.25. The summed E-state index contributed by atoms with van der Waals surface area (Å²) in [6, 6.07) is 5.37. The molecule has 2 aromatic rings. The molecule has 0 spiro atoms. The fraction of sp³-hybridized carbons (Fsp3) is 0.400. The van der Waals surface area contributed by atoms with Gasteiger partial charge in [0.2, 0.25) is 0 Å². The lowest BCUT2D eigenvalue weighted by molar-refractivity contribution is 0.238. The van der Waals surface area contributed by atoms with Gasteiger partial charge in [-0.2, -0.15) is 5.10 Å². The van der Waals surface area contributed by atoms with E-state index in [0.717, 1.165) is 17.1 Å². The molecule has 0 saturated carbocycles. The number of pyridine rings is 1. The quantitative estimate of drug-likeness (QED) is 0.708. The van der Waals surface area contributed by atoms with Crippen LogP contribution >= 0.6 is 0 Å². The number of carbonyl (C=O) groups excluding carboxylic acids is 1. The van der Waals surface area contributed by atoms with Crippen LogP contribution in [0, 0.1) is 6.92 Å². The highest BCUT2D eigenvalue weighted by Crippen LogP contribution is 2.15. The van der Waals surface area contributed by atoms with E-state index in [1.165, 1.54) is 0 Å². The van der Waals surface area contributed by atoms with Crippen molar-refractivity contribution in [2.24, 2.45) is 7.05 Å². The molecule has 0 aliphatic rings. The van der Waals surface area contributed by atoms with Crippen molar-refractivity contribution in [1.29, 1.82) is 0 Å². The maximum absolute atomic E-state index is 11.9. The lowest BCUT2D eigenvalue weighted by atomic mass is 10.1. The van der Waals surface area contributed by atoms with E-state index in [2.05, 4.69) is 26.0 Å². The molecule has 3 N–H and O–H groups in total. The number of hydrogen-bond donors (Lipinski definition) is 3. The topological polar surface area (TPSA) is 83.9 Å². The van der Waals surface area contributed by atoms with Crippen molar-refractivity contribution in [3.05, 3.63) is 41.9 Å². The molecule has 1 atom stereocenters. The molecule has 0 bridgehead atoms. The number of hydrogen-bond acceptors (Lipinski definition) is 4. The summed E-state index contributed by atoms with van der Waals surface area (Å²) in [4.78, 5) is 16.0. The Kier molecular flexibility index (Phi) is 5.35. The third-order valence-corrected chi connectivity index (χ3v) is 3.47. The fourth-order valence-electron chi connectivity index (χ4n) is 2.10. The second-order valence-corrected chi connectivity index (χ2v) is 5.07. The van der Waals surface area contributed by atoms with Crippen molar-refractivity contribution >= 4 is 11.8 Å². The molecule has 0 unspecified atom stereocenters. The summed E-state index contributed by atoms with van der Waals surface area (Å²) >= 11 is 0. The normalized spacial score (nSPS) is 11.8. The zero-order chi connectivity index (χ0) is 15.9. The van der Waals surface area contributed by atoms with Gasteiger partial charge in [-0.05, 0) is 26.0 Å². The lowest BCUT2D eigenvalue weighted by Gasteiger charge is -2.14. The average molecular weight is 302 g/mol. The molecule has 0 aliphatic carbocycles. The van der Waals surface area contributed by atoms with Crippen molar-refractivity contribution < 1.29 is 4.79 Å². The smallest absolute Gasteiger partial charge is 0.315 e. The maximum atomic E-state index is 11.9. The number of anilines is 1. The first kappa shape index (κ1) is 15.8. The number of nitrogens with zero attached hydrogens (tertiary/aromatic N) is 3. The number of carbonyl (C=O) groups is 1. The summed E-state index contributed by atoms with van der Waals surface area (Å²) < 4.78 is 1.79. The van der Waals surface area contributed by atoms with Gasteiger partial charge in [-0.3, -0.25) is 4.68 Å². The highest BCUT2D eigenvalue weighted by Gasteiger charge is 2.13. The zero-order valence-corrected chi connectivity index (χ0v) is 13.1. The Labute approximate surface area is 130 Å². The van der Waals surface area contributed by atoms with Gasteiger partial charge >= 0.3 is 6.03 Å². The van der Waals surface area contributed by atoms with E-state index in [4.69, 9.17) is 0 Å². The minimum absolute atomic E-state index is 0.0857. The summed E-state index contributed by atoms with van der Waals surface area (Å²) in [7, 11) is 1.88. The minimum Gasteiger partial charge on any atom is -0.368 e. The van der Waals surface area contributed by atoms with Crippen molar-refractivity contribution in [3.63, 3.8) is 0 Å². The van der Waals surface area contributed by atoms with Gasteiger partial charge in [-0.1, -0.05) is 6.07 Å². The molecule has 2 rings (SSSR count). The van der Waals surface area contributed by atoms with Crippen molar-refractivity contribution in [2.45, 2.75) is 19.9 Å². The van der Waals surface area contributed by atoms with Gasteiger partial charge in [0.15, 0.2) is 0 Å². The molecule has 0 radical (unpaired) electrons. The number of amides is 2. The SMILES string of the molecule is Cc1c([C@H](C)NC(=O)NCCNc2ccccn2)cnn1C. The van der Waals surface area contributed by atoms with E-state index >= 15 is 0 Å². The average Bonchev–Trinajstić information content (AvgIpc) is 2.84. The summed E-state index contributed by atoms with van der Waals surface area (Å²) in [6.07, 6.45) is 3.50. The van der Waals surface area contributed by atoms with Gasteiger partial charge in [0, 0.05) is 37.6 Å². The van der Waals surface area contributed by atoms with Crippen molar-refractivity contribution in [3.8, 4) is 0 Å². The van der Waals surface area contributed by atoms with Crippen LogP contribution in [0.5, 0.6) is 0 Å². The van der Waals surface area contributed by atoms with Crippen LogP contribution in [-0.4, -0.2) is 33.9 Å². The third-order valence-electron chi connectivity index (χ3n) is 3.47. The van der Waals surface area contributed by atoms with Crippen LogP contribution in [0.4, 0.5) is 10.6 Å². The number of rotatable bonds is 6. The van der Waals surface area contributed by atoms with Gasteiger partial charge in [0.25, 0.3) is 0 Å². The molecule has 22 heavy (non-hydrogen) atoms. The van der Waals surface area contributed by atoms with Crippen LogP contribution in [0.15, 0.2) is 30.6 Å². The predicted octanol–water partition coefficient (Wildman–Crippen LogP) is 1.60. The summed E-state index contributed by atoms with van der Waals surface area (Å²) in [5, 5.41) is 13.0. The monoisotopic (exact) mass is 302 g/mol. The van der Waals surface area contributed by atoms with Gasteiger partial charge in [0.1, 0.15) is 5.82 Å². The maximum Gasteiger partial charge on any atom is 0.315 e. The molecule has 2 amide bonds. The molecule has 0 fully saturated rings. The number of aryl methyl sites for hydroxylation is 1. The first-order valence-electron chi connectivity index (χ1n) is 7.25. The summed E-state index contributed by atoms with van der Waals surface area (Å²) in [5.74, 6) is 0.795. The molecule has 2 aromatic heterocycles. The number of aromatic nitrogens is 3. The second-order valence-electron chi connectivity index (χ2n) is 5.07. The summed E-state index contributed by atoms with van der Waals surface area (Å²) in [5.41, 5.74) is 2.06. The van der Waals surface area contributed by atoms with Gasteiger partial charge in [0.05, 0.1) is 12.2 Å². The fourth-order valence-corrected chi connectivity index (χ4v) is 2.10. The molecular weight excluding hydrogens is 280 g/mol. The van der Waals surface area contributed by atoms with Crippen LogP contribution in [0.2, 0.25) is 0 Å². The Bertz CT molecular complexity index is 610. The Morgan fingerprint density at radius 1 is 1.36 bits per heavy atom. The highest BCUT2D eigenvalue weighted by molar-refractivity contribution is 5.74. The van der Waals surface area contributed by atoms with Crippen molar-refractivity contribution in [1.82, 2.24) is 25.4 Å². The standard InChI is InChI=1S/C15H22N6O/c1-11(13-10-19-21(3)12(13)2)20-15(22)18-9-8-17-14-6-4-5-7-16-14/h4-7,10-11H,8-9H2,1-3H3,(H,16,17)(H2,18,20,22)/t11-/m0/s1. The van der Waals surface area contributed by atoms with E-state index in [1.807, 2.05) is 39.1 Å². The molecule has 0 aromatic carbocycles. The second kappa shape index (κ2) is 7.44. The first-order chi connectivity index (χ1) is 10.6. The van der Waals surface area contributed by atoms with E-state index in [9.17, 15) is 4.79 Å². The number of urea groups is 1. The van der Waals surface area contributed by atoms with E-state index in [1.54, 1.807) is 17.1 Å². The predicted molar refractivity (Wildman–Crippen MR) is 85.6 cm³/mol. The van der Waals surface area contributed by atoms with Gasteiger partial charge < -0.3 is 16.0 Å². The third kappa shape index (κ3) is 4.21.